The number of hydrogen-bond donors (Lipinski definition) is 2. The van der Waals surface area contributed by atoms with E-state index in [1.165, 1.54) is 0 Å². The number of rotatable bonds is 0. The predicted molar refractivity (Wildman–Crippen MR) is 21.4 cm³/mol. The molecule has 0 unspecified atom stereocenters. The van der Waals surface area contributed by atoms with Crippen LogP contribution in [-0.4, -0.2) is 19.1 Å². The summed E-state index contributed by atoms with van der Waals surface area (Å²) in [5.41, 5.74) is 0. The van der Waals surface area contributed by atoms with Crippen molar-refractivity contribution in [2.75, 3.05) is 13.1 Å². The van der Waals surface area contributed by atoms with Gasteiger partial charge in [-0.25, -0.2) is 4.79 Å². The van der Waals surface area contributed by atoms with Crippen LogP contribution in [0.5, 0.6) is 0 Å². The minimum Gasteiger partial charge on any atom is -0.336 e. The van der Waals surface area contributed by atoms with E-state index in [0.717, 1.165) is 13.1 Å². The Labute approximate surface area is 54.6 Å². The number of carbonyl (C=O) groups is 1. The van der Waals surface area contributed by atoms with E-state index in [2.05, 4.69) is 10.6 Å². The van der Waals surface area contributed by atoms with Gasteiger partial charge < -0.3 is 10.6 Å². The van der Waals surface area contributed by atoms with Crippen molar-refractivity contribution >= 4 is 6.03 Å². The zero-order valence-electron chi connectivity index (χ0n) is 4.03. The fraction of sp³-hybridized carbons (Fsp3) is 0.667. The largest absolute Gasteiger partial charge is 0.336 e. The van der Waals surface area contributed by atoms with Crippen LogP contribution in [0.15, 0.2) is 0 Å². The fourth-order valence-electron chi connectivity index (χ4n) is 0.415. The summed E-state index contributed by atoms with van der Waals surface area (Å²) in [7, 11) is 0. The summed E-state index contributed by atoms with van der Waals surface area (Å²) in [6, 6.07) is -0.0463. The van der Waals surface area contributed by atoms with Gasteiger partial charge in [-0.1, -0.05) is 0 Å². The molecule has 3 nitrogen and oxygen atoms in total. The van der Waals surface area contributed by atoms with Gasteiger partial charge >= 0.3 is 6.03 Å². The van der Waals surface area contributed by atoms with E-state index in [1.807, 2.05) is 0 Å². The van der Waals surface area contributed by atoms with Crippen molar-refractivity contribution in [2.45, 2.75) is 0 Å². The van der Waals surface area contributed by atoms with Gasteiger partial charge in [-0.2, -0.15) is 0 Å². The van der Waals surface area contributed by atoms with Gasteiger partial charge in [0.05, 0.1) is 0 Å². The summed E-state index contributed by atoms with van der Waals surface area (Å²) in [6.45, 7) is 1.55. The van der Waals surface area contributed by atoms with E-state index in [-0.39, 0.29) is 25.5 Å². The molecule has 0 radical (unpaired) electrons. The average molecular weight is 151 g/mol. The molecule has 2 N–H and O–H groups in total. The van der Waals surface area contributed by atoms with Gasteiger partial charge in [0.25, 0.3) is 0 Å². The maximum Gasteiger partial charge on any atom is 0.314 e. The van der Waals surface area contributed by atoms with Crippen molar-refractivity contribution < 1.29 is 24.3 Å². The minimum atomic E-state index is -0.0463. The molecule has 1 rings (SSSR count). The molecule has 1 aliphatic heterocycles. The molecule has 0 spiro atoms. The van der Waals surface area contributed by atoms with Crippen LogP contribution in [-0.2, 0) is 19.5 Å². The maximum absolute atomic E-state index is 10.0. The van der Waals surface area contributed by atoms with Crippen LogP contribution < -0.4 is 10.6 Å². The topological polar surface area (TPSA) is 41.1 Å². The van der Waals surface area contributed by atoms with E-state index < -0.39 is 0 Å². The molecule has 7 heavy (non-hydrogen) atoms. The number of urea groups is 1. The average Bonchev–Trinajstić information content (AvgIpc) is 1.86. The van der Waals surface area contributed by atoms with Crippen molar-refractivity contribution in [1.82, 2.24) is 10.6 Å². The first-order valence-electron chi connectivity index (χ1n) is 1.91. The summed E-state index contributed by atoms with van der Waals surface area (Å²) in [4.78, 5) is 10.0. The smallest absolute Gasteiger partial charge is 0.314 e. The Kier molecular flexibility index (Phi) is 2.92. The van der Waals surface area contributed by atoms with Crippen molar-refractivity contribution in [3.8, 4) is 0 Å². The minimum absolute atomic E-state index is 0. The molecule has 0 aliphatic carbocycles. The van der Waals surface area contributed by atoms with Gasteiger partial charge in [-0.3, -0.25) is 0 Å². The molecule has 0 aromatic heterocycles. The number of amides is 2. The molecule has 1 aliphatic rings. The van der Waals surface area contributed by atoms with Crippen molar-refractivity contribution in [2.24, 2.45) is 0 Å². The zero-order valence-corrected chi connectivity index (χ0v) is 7.00. The van der Waals surface area contributed by atoms with E-state index in [9.17, 15) is 4.79 Å². The van der Waals surface area contributed by atoms with Gasteiger partial charge in [-0.15, -0.1) is 0 Å². The standard InChI is InChI=1S/C3H6N2O.Zn/c6-3-4-1-2-5-3;/h1-2H2,(H2,4,5,6);. The van der Waals surface area contributed by atoms with E-state index in [0.29, 0.717) is 0 Å². The number of hydrogen-bond acceptors (Lipinski definition) is 1. The molecule has 0 atom stereocenters. The summed E-state index contributed by atoms with van der Waals surface area (Å²) < 4.78 is 0. The predicted octanol–water partition coefficient (Wildman–Crippen LogP) is -0.703. The van der Waals surface area contributed by atoms with E-state index in [1.54, 1.807) is 0 Å². The van der Waals surface area contributed by atoms with Gasteiger partial charge in [0, 0.05) is 32.6 Å². The maximum atomic E-state index is 10.0. The molecule has 36 valence electrons. The first-order chi connectivity index (χ1) is 2.89. The first kappa shape index (κ1) is 6.89. The van der Waals surface area contributed by atoms with Gasteiger partial charge in [0.1, 0.15) is 0 Å². The van der Waals surface area contributed by atoms with Crippen LogP contribution in [0.25, 0.3) is 0 Å². The van der Waals surface area contributed by atoms with Gasteiger partial charge in [0.2, 0.25) is 0 Å². The third kappa shape index (κ3) is 1.88. The normalized spacial score (nSPS) is 16.9. The molecule has 4 heteroatoms. The van der Waals surface area contributed by atoms with Crippen molar-refractivity contribution in [3.63, 3.8) is 0 Å². The summed E-state index contributed by atoms with van der Waals surface area (Å²) in [5, 5.41) is 5.14. The Hall–Kier alpha value is -0.107. The Morgan fingerprint density at radius 2 is 1.71 bits per heavy atom. The van der Waals surface area contributed by atoms with Crippen LogP contribution >= 0.6 is 0 Å². The van der Waals surface area contributed by atoms with Crippen LogP contribution in [0.4, 0.5) is 4.79 Å². The molecule has 0 saturated carbocycles. The van der Waals surface area contributed by atoms with Crippen LogP contribution in [0.2, 0.25) is 0 Å². The Balaban J connectivity index is 0.000000360. The molecule has 1 fully saturated rings. The van der Waals surface area contributed by atoms with E-state index in [4.69, 9.17) is 0 Å². The van der Waals surface area contributed by atoms with Crippen molar-refractivity contribution in [3.05, 3.63) is 0 Å². The molecular weight excluding hydrogens is 145 g/mol. The monoisotopic (exact) mass is 150 g/mol. The second-order valence-corrected chi connectivity index (χ2v) is 1.18. The van der Waals surface area contributed by atoms with Crippen LogP contribution in [0, 0.1) is 0 Å². The van der Waals surface area contributed by atoms with E-state index >= 15 is 0 Å². The summed E-state index contributed by atoms with van der Waals surface area (Å²) in [6.07, 6.45) is 0. The van der Waals surface area contributed by atoms with Gasteiger partial charge in [0.15, 0.2) is 0 Å². The molecular formula is C3H6N2OZn. The first-order valence-corrected chi connectivity index (χ1v) is 1.91. The Bertz CT molecular complexity index is 67.3. The van der Waals surface area contributed by atoms with Gasteiger partial charge in [-0.05, 0) is 0 Å². The Morgan fingerprint density at radius 1 is 1.29 bits per heavy atom. The third-order valence-electron chi connectivity index (χ3n) is 0.696. The van der Waals surface area contributed by atoms with Crippen LogP contribution in [0.3, 0.4) is 0 Å². The quantitative estimate of drug-likeness (QED) is 0.442. The molecule has 1 saturated heterocycles. The summed E-state index contributed by atoms with van der Waals surface area (Å²) in [5.74, 6) is 0. The number of carbonyl (C=O) groups excluding carboxylic acids is 1. The Morgan fingerprint density at radius 3 is 1.86 bits per heavy atom. The molecule has 1 heterocycles. The van der Waals surface area contributed by atoms with Crippen molar-refractivity contribution in [1.29, 1.82) is 0 Å². The molecule has 0 aromatic rings. The number of nitrogens with one attached hydrogen (secondary N) is 2. The molecule has 2 amide bonds. The molecule has 0 aromatic carbocycles. The zero-order chi connectivity index (χ0) is 4.41. The van der Waals surface area contributed by atoms with Crippen LogP contribution in [0.1, 0.15) is 0 Å². The summed E-state index contributed by atoms with van der Waals surface area (Å²) >= 11 is 0. The SMILES string of the molecule is O=C1NCCN1.[Zn]. The second kappa shape index (κ2) is 2.97. The third-order valence-corrected chi connectivity index (χ3v) is 0.696. The second-order valence-electron chi connectivity index (χ2n) is 1.18. The molecule has 0 bridgehead atoms. The fourth-order valence-corrected chi connectivity index (χ4v) is 0.415.